The van der Waals surface area contributed by atoms with E-state index in [1.165, 1.54) is 11.1 Å². The van der Waals surface area contributed by atoms with Gasteiger partial charge in [-0.3, -0.25) is 0 Å². The minimum atomic E-state index is -0.177. The van der Waals surface area contributed by atoms with Crippen molar-refractivity contribution in [1.29, 1.82) is 0 Å². The van der Waals surface area contributed by atoms with Crippen LogP contribution in [0.15, 0.2) is 24.3 Å². The molecule has 3 heteroatoms. The van der Waals surface area contributed by atoms with Crippen molar-refractivity contribution in [1.82, 2.24) is 4.90 Å². The van der Waals surface area contributed by atoms with Gasteiger partial charge in [0.25, 0.3) is 0 Å². The van der Waals surface area contributed by atoms with Crippen LogP contribution in [-0.2, 0) is 0 Å². The molecule has 3 nitrogen and oxygen atoms in total. The molecule has 3 unspecified atom stereocenters. The lowest BCUT2D eigenvalue weighted by Crippen LogP contribution is -2.43. The highest BCUT2D eigenvalue weighted by atomic mass is 16.3. The number of nitrogens with zero attached hydrogens (tertiary/aromatic N) is 1. The molecule has 0 saturated carbocycles. The number of nitrogens with two attached hydrogens (primary N) is 1. The third-order valence-electron chi connectivity index (χ3n) is 4.23. The summed E-state index contributed by atoms with van der Waals surface area (Å²) in [6, 6.07) is 8.52. The van der Waals surface area contributed by atoms with Crippen LogP contribution < -0.4 is 5.73 Å². The summed E-state index contributed by atoms with van der Waals surface area (Å²) < 4.78 is 0. The number of aliphatic hydroxyl groups excluding tert-OH is 1. The molecule has 0 radical (unpaired) electrons. The van der Waals surface area contributed by atoms with Gasteiger partial charge in [-0.05, 0) is 37.8 Å². The molecule has 0 aromatic heterocycles. The van der Waals surface area contributed by atoms with Crippen molar-refractivity contribution in [3.8, 4) is 0 Å². The molecule has 1 aromatic rings. The van der Waals surface area contributed by atoms with Crippen LogP contribution in [0, 0.1) is 12.8 Å². The van der Waals surface area contributed by atoms with E-state index in [0.29, 0.717) is 5.92 Å². The molecule has 1 fully saturated rings. The normalized spacial score (nSPS) is 26.3. The molecular weight excluding hydrogens is 236 g/mol. The maximum Gasteiger partial charge on any atom is 0.0693 e. The van der Waals surface area contributed by atoms with Gasteiger partial charge in [0.05, 0.1) is 6.10 Å². The van der Waals surface area contributed by atoms with E-state index >= 15 is 0 Å². The van der Waals surface area contributed by atoms with Gasteiger partial charge in [-0.15, -0.1) is 0 Å². The van der Waals surface area contributed by atoms with Crippen LogP contribution in [0.3, 0.4) is 0 Å². The smallest absolute Gasteiger partial charge is 0.0693 e. The van der Waals surface area contributed by atoms with Crippen molar-refractivity contribution in [2.45, 2.75) is 38.8 Å². The fraction of sp³-hybridized carbons (Fsp3) is 0.625. The Morgan fingerprint density at radius 2 is 2.26 bits per heavy atom. The molecule has 0 bridgehead atoms. The molecule has 0 spiro atoms. The van der Waals surface area contributed by atoms with E-state index in [1.54, 1.807) is 0 Å². The minimum absolute atomic E-state index is 0.0939. The van der Waals surface area contributed by atoms with Crippen molar-refractivity contribution >= 4 is 0 Å². The van der Waals surface area contributed by atoms with Crippen molar-refractivity contribution in [3.63, 3.8) is 0 Å². The highest BCUT2D eigenvalue weighted by Crippen LogP contribution is 2.20. The predicted octanol–water partition coefficient (Wildman–Crippen LogP) is 2.09. The Kier molecular flexibility index (Phi) is 4.97. The number of benzene rings is 1. The average Bonchev–Trinajstić information content (AvgIpc) is 2.40. The summed E-state index contributed by atoms with van der Waals surface area (Å²) in [5, 5.41) is 9.89. The summed E-state index contributed by atoms with van der Waals surface area (Å²) in [5.41, 5.74) is 8.73. The second kappa shape index (κ2) is 6.51. The van der Waals surface area contributed by atoms with Gasteiger partial charge >= 0.3 is 0 Å². The van der Waals surface area contributed by atoms with Gasteiger partial charge in [-0.2, -0.15) is 0 Å². The molecular formula is C16H26N2O. The number of β-amino-alcohol motifs (C(OH)–C–C–N with tert-alkyl or cyclic N) is 1. The number of aliphatic hydroxyl groups is 1. The van der Waals surface area contributed by atoms with Gasteiger partial charge in [0.15, 0.2) is 0 Å². The lowest BCUT2D eigenvalue weighted by molar-refractivity contribution is 0.0282. The monoisotopic (exact) mass is 262 g/mol. The Bertz CT molecular complexity index is 407. The number of piperidine rings is 1. The molecule has 1 saturated heterocycles. The van der Waals surface area contributed by atoms with Crippen LogP contribution in [-0.4, -0.2) is 35.7 Å². The molecule has 3 atom stereocenters. The van der Waals surface area contributed by atoms with Crippen LogP contribution in [0.25, 0.3) is 0 Å². The van der Waals surface area contributed by atoms with Crippen molar-refractivity contribution in [2.24, 2.45) is 11.7 Å². The molecule has 0 amide bonds. The Morgan fingerprint density at radius 1 is 1.47 bits per heavy atom. The lowest BCUT2D eigenvalue weighted by atomic mass is 9.95. The summed E-state index contributed by atoms with van der Waals surface area (Å²) in [5.74, 6) is 0.432. The van der Waals surface area contributed by atoms with E-state index in [2.05, 4.69) is 43.0 Å². The summed E-state index contributed by atoms with van der Waals surface area (Å²) in [6.07, 6.45) is 1.86. The van der Waals surface area contributed by atoms with Crippen molar-refractivity contribution in [3.05, 3.63) is 35.4 Å². The van der Waals surface area contributed by atoms with Crippen LogP contribution in [0.4, 0.5) is 0 Å². The highest BCUT2D eigenvalue weighted by Gasteiger charge is 2.24. The highest BCUT2D eigenvalue weighted by molar-refractivity contribution is 5.24. The topological polar surface area (TPSA) is 49.5 Å². The van der Waals surface area contributed by atoms with Crippen LogP contribution in [0.5, 0.6) is 0 Å². The number of rotatable bonds is 4. The molecule has 1 aliphatic rings. The summed E-state index contributed by atoms with van der Waals surface area (Å²) >= 11 is 0. The fourth-order valence-electron chi connectivity index (χ4n) is 2.71. The van der Waals surface area contributed by atoms with E-state index in [4.69, 9.17) is 5.73 Å². The second-order valence-corrected chi connectivity index (χ2v) is 5.94. The minimum Gasteiger partial charge on any atom is -0.392 e. The first kappa shape index (κ1) is 14.5. The number of aryl methyl sites for hydroxylation is 1. The molecule has 19 heavy (non-hydrogen) atoms. The van der Waals surface area contributed by atoms with E-state index in [9.17, 15) is 5.11 Å². The fourth-order valence-corrected chi connectivity index (χ4v) is 2.71. The molecule has 0 aliphatic carbocycles. The van der Waals surface area contributed by atoms with Gasteiger partial charge in [0, 0.05) is 19.1 Å². The zero-order valence-electron chi connectivity index (χ0n) is 12.0. The van der Waals surface area contributed by atoms with E-state index in [0.717, 1.165) is 32.5 Å². The number of likely N-dealkylation sites (tertiary alicyclic amines) is 1. The second-order valence-electron chi connectivity index (χ2n) is 5.94. The van der Waals surface area contributed by atoms with E-state index in [1.807, 2.05) is 0 Å². The third-order valence-corrected chi connectivity index (χ3v) is 4.23. The standard InChI is InChI=1S/C16H26N2O/c1-12-4-3-5-14(10-12)15(17)7-9-18-8-6-13(2)16(19)11-18/h3-5,10,13,15-16,19H,6-9,11,17H2,1-2H3. The van der Waals surface area contributed by atoms with Gasteiger partial charge < -0.3 is 15.7 Å². The van der Waals surface area contributed by atoms with Gasteiger partial charge in [-0.25, -0.2) is 0 Å². The van der Waals surface area contributed by atoms with Gasteiger partial charge in [0.1, 0.15) is 0 Å². The molecule has 1 heterocycles. The van der Waals surface area contributed by atoms with Crippen molar-refractivity contribution in [2.75, 3.05) is 19.6 Å². The molecule has 1 aliphatic heterocycles. The molecule has 1 aromatic carbocycles. The lowest BCUT2D eigenvalue weighted by Gasteiger charge is -2.34. The van der Waals surface area contributed by atoms with E-state index in [-0.39, 0.29) is 12.1 Å². The summed E-state index contributed by atoms with van der Waals surface area (Å²) in [4.78, 5) is 2.33. The number of hydrogen-bond acceptors (Lipinski definition) is 3. The Hall–Kier alpha value is -0.900. The zero-order valence-corrected chi connectivity index (χ0v) is 12.0. The van der Waals surface area contributed by atoms with Crippen LogP contribution in [0.2, 0.25) is 0 Å². The Morgan fingerprint density at radius 3 is 2.95 bits per heavy atom. The van der Waals surface area contributed by atoms with Gasteiger partial charge in [-0.1, -0.05) is 36.8 Å². The first-order valence-corrected chi connectivity index (χ1v) is 7.29. The molecule has 106 valence electrons. The van der Waals surface area contributed by atoms with Crippen LogP contribution in [0.1, 0.15) is 36.9 Å². The molecule has 2 rings (SSSR count). The maximum absolute atomic E-state index is 9.89. The Balaban J connectivity index is 1.82. The van der Waals surface area contributed by atoms with E-state index < -0.39 is 0 Å². The van der Waals surface area contributed by atoms with Crippen LogP contribution >= 0.6 is 0 Å². The first-order valence-electron chi connectivity index (χ1n) is 7.29. The Labute approximate surface area is 116 Å². The van der Waals surface area contributed by atoms with Gasteiger partial charge in [0.2, 0.25) is 0 Å². The maximum atomic E-state index is 9.89. The van der Waals surface area contributed by atoms with Crippen molar-refractivity contribution < 1.29 is 5.11 Å². The zero-order chi connectivity index (χ0) is 13.8. The summed E-state index contributed by atoms with van der Waals surface area (Å²) in [7, 11) is 0. The predicted molar refractivity (Wildman–Crippen MR) is 79.0 cm³/mol. The summed E-state index contributed by atoms with van der Waals surface area (Å²) in [6.45, 7) is 7.07. The largest absolute Gasteiger partial charge is 0.392 e. The first-order chi connectivity index (χ1) is 9.06. The molecule has 3 N–H and O–H groups in total. The SMILES string of the molecule is Cc1cccc(C(N)CCN2CCC(C)C(O)C2)c1. The number of hydrogen-bond donors (Lipinski definition) is 2. The average molecular weight is 262 g/mol. The third kappa shape index (κ3) is 4.03. The quantitative estimate of drug-likeness (QED) is 0.873.